The molecule has 1 fully saturated rings. The zero-order valence-corrected chi connectivity index (χ0v) is 13.2. The molecule has 1 aliphatic rings. The van der Waals surface area contributed by atoms with Crippen molar-refractivity contribution in [3.05, 3.63) is 48.0 Å². The standard InChI is InChI=1S/C16H18N2O3S/c1-20-15-5-4-12(11-17-15)16(19)18-7-6-14(22-10-8-18)13-3-2-9-21-13/h2-5,9,11,14H,6-8,10H2,1H3. The number of rotatable bonds is 3. The Morgan fingerprint density at radius 2 is 2.32 bits per heavy atom. The van der Waals surface area contributed by atoms with Crippen molar-refractivity contribution in [2.24, 2.45) is 0 Å². The highest BCUT2D eigenvalue weighted by atomic mass is 32.2. The first-order chi connectivity index (χ1) is 10.8. The Hall–Kier alpha value is -1.95. The minimum atomic E-state index is 0.0239. The van der Waals surface area contributed by atoms with Crippen LogP contribution < -0.4 is 4.74 Å². The topological polar surface area (TPSA) is 55.6 Å². The number of hydrogen-bond acceptors (Lipinski definition) is 5. The van der Waals surface area contributed by atoms with Crippen LogP contribution >= 0.6 is 11.8 Å². The Kier molecular flexibility index (Phi) is 4.68. The second-order valence-corrected chi connectivity index (χ2v) is 6.36. The predicted octanol–water partition coefficient (Wildman–Crippen LogP) is 3.00. The quantitative estimate of drug-likeness (QED) is 0.871. The first-order valence-electron chi connectivity index (χ1n) is 7.22. The molecule has 0 N–H and O–H groups in total. The fourth-order valence-electron chi connectivity index (χ4n) is 2.49. The Balaban J connectivity index is 1.66. The van der Waals surface area contributed by atoms with Gasteiger partial charge in [0, 0.05) is 31.1 Å². The van der Waals surface area contributed by atoms with Gasteiger partial charge in [0.05, 0.1) is 24.2 Å². The van der Waals surface area contributed by atoms with E-state index < -0.39 is 0 Å². The highest BCUT2D eigenvalue weighted by Gasteiger charge is 2.24. The van der Waals surface area contributed by atoms with Crippen molar-refractivity contribution in [1.29, 1.82) is 0 Å². The van der Waals surface area contributed by atoms with E-state index in [1.54, 1.807) is 31.7 Å². The van der Waals surface area contributed by atoms with Gasteiger partial charge in [-0.2, -0.15) is 0 Å². The molecule has 1 saturated heterocycles. The Morgan fingerprint density at radius 1 is 1.41 bits per heavy atom. The molecule has 6 heteroatoms. The molecule has 0 spiro atoms. The van der Waals surface area contributed by atoms with Crippen LogP contribution in [0.5, 0.6) is 5.88 Å². The van der Waals surface area contributed by atoms with Gasteiger partial charge in [0.1, 0.15) is 5.76 Å². The summed E-state index contributed by atoms with van der Waals surface area (Å²) in [5.74, 6) is 2.43. The maximum atomic E-state index is 12.6. The summed E-state index contributed by atoms with van der Waals surface area (Å²) in [6.07, 6.45) is 4.17. The third-order valence-electron chi connectivity index (χ3n) is 3.68. The Labute approximate surface area is 133 Å². The van der Waals surface area contributed by atoms with Crippen LogP contribution in [0.3, 0.4) is 0 Å². The van der Waals surface area contributed by atoms with Crippen LogP contribution in [0.15, 0.2) is 41.1 Å². The number of hydrogen-bond donors (Lipinski definition) is 0. The van der Waals surface area contributed by atoms with Gasteiger partial charge in [-0.05, 0) is 24.6 Å². The van der Waals surface area contributed by atoms with Gasteiger partial charge in [-0.3, -0.25) is 4.79 Å². The molecular formula is C16H18N2O3S. The number of furan rings is 1. The average molecular weight is 318 g/mol. The fourth-order valence-corrected chi connectivity index (χ4v) is 3.67. The molecule has 2 aromatic heterocycles. The molecule has 22 heavy (non-hydrogen) atoms. The summed E-state index contributed by atoms with van der Waals surface area (Å²) in [6.45, 7) is 1.47. The van der Waals surface area contributed by atoms with E-state index in [0.717, 1.165) is 31.0 Å². The molecule has 0 bridgehead atoms. The third kappa shape index (κ3) is 3.27. The molecule has 1 unspecified atom stereocenters. The lowest BCUT2D eigenvalue weighted by molar-refractivity contribution is 0.0765. The summed E-state index contributed by atoms with van der Waals surface area (Å²) in [5, 5.41) is 0.321. The number of aromatic nitrogens is 1. The van der Waals surface area contributed by atoms with Gasteiger partial charge in [-0.1, -0.05) is 0 Å². The van der Waals surface area contributed by atoms with Gasteiger partial charge in [0.2, 0.25) is 5.88 Å². The summed E-state index contributed by atoms with van der Waals surface area (Å²) in [4.78, 5) is 18.5. The molecule has 0 aromatic carbocycles. The number of amides is 1. The molecule has 0 aliphatic carbocycles. The maximum absolute atomic E-state index is 12.6. The molecule has 5 nitrogen and oxygen atoms in total. The fraction of sp³-hybridized carbons (Fsp3) is 0.375. The molecule has 0 saturated carbocycles. The second-order valence-electron chi connectivity index (χ2n) is 5.04. The van der Waals surface area contributed by atoms with Crippen molar-refractivity contribution in [1.82, 2.24) is 9.88 Å². The van der Waals surface area contributed by atoms with Crippen LogP contribution in [0, 0.1) is 0 Å². The first-order valence-corrected chi connectivity index (χ1v) is 8.27. The van der Waals surface area contributed by atoms with Crippen LogP contribution in [-0.2, 0) is 0 Å². The molecular weight excluding hydrogens is 300 g/mol. The summed E-state index contributed by atoms with van der Waals surface area (Å²) < 4.78 is 10.5. The second kappa shape index (κ2) is 6.87. The summed E-state index contributed by atoms with van der Waals surface area (Å²) in [7, 11) is 1.56. The van der Waals surface area contributed by atoms with Crippen molar-refractivity contribution >= 4 is 17.7 Å². The van der Waals surface area contributed by atoms with Gasteiger partial charge >= 0.3 is 0 Å². The van der Waals surface area contributed by atoms with E-state index in [0.29, 0.717) is 16.7 Å². The molecule has 2 aromatic rings. The van der Waals surface area contributed by atoms with E-state index in [1.165, 1.54) is 0 Å². The monoisotopic (exact) mass is 318 g/mol. The number of nitrogens with zero attached hydrogens (tertiary/aromatic N) is 2. The van der Waals surface area contributed by atoms with Crippen LogP contribution in [0.4, 0.5) is 0 Å². The Morgan fingerprint density at radius 3 is 3.00 bits per heavy atom. The molecule has 1 amide bonds. The molecule has 116 valence electrons. The van der Waals surface area contributed by atoms with E-state index in [1.807, 2.05) is 28.8 Å². The minimum absolute atomic E-state index is 0.0239. The molecule has 3 rings (SSSR count). The SMILES string of the molecule is COc1ccc(C(=O)N2CCSC(c3ccco3)CC2)cn1. The Bertz CT molecular complexity index is 613. The van der Waals surface area contributed by atoms with Crippen LogP contribution in [0.1, 0.15) is 27.8 Å². The number of methoxy groups -OCH3 is 1. The van der Waals surface area contributed by atoms with E-state index in [4.69, 9.17) is 9.15 Å². The van der Waals surface area contributed by atoms with E-state index in [-0.39, 0.29) is 5.91 Å². The first kappa shape index (κ1) is 15.0. The third-order valence-corrected chi connectivity index (χ3v) is 4.97. The van der Waals surface area contributed by atoms with Gasteiger partial charge in [0.15, 0.2) is 0 Å². The number of thioether (sulfide) groups is 1. The smallest absolute Gasteiger partial charge is 0.255 e. The highest BCUT2D eigenvalue weighted by Crippen LogP contribution is 2.34. The van der Waals surface area contributed by atoms with Crippen molar-refractivity contribution < 1.29 is 13.9 Å². The summed E-state index contributed by atoms with van der Waals surface area (Å²) in [5.41, 5.74) is 0.599. The normalized spacial score (nSPS) is 18.8. The van der Waals surface area contributed by atoms with E-state index in [2.05, 4.69) is 4.98 Å². The van der Waals surface area contributed by atoms with Crippen molar-refractivity contribution in [3.63, 3.8) is 0 Å². The van der Waals surface area contributed by atoms with Crippen molar-refractivity contribution in [3.8, 4) is 5.88 Å². The van der Waals surface area contributed by atoms with Crippen LogP contribution in [0.25, 0.3) is 0 Å². The minimum Gasteiger partial charge on any atom is -0.481 e. The van der Waals surface area contributed by atoms with E-state index >= 15 is 0 Å². The summed E-state index contributed by atoms with van der Waals surface area (Å²) in [6, 6.07) is 7.39. The highest BCUT2D eigenvalue weighted by molar-refractivity contribution is 7.99. The largest absolute Gasteiger partial charge is 0.481 e. The van der Waals surface area contributed by atoms with E-state index in [9.17, 15) is 4.79 Å². The van der Waals surface area contributed by atoms with Crippen LogP contribution in [0.2, 0.25) is 0 Å². The zero-order valence-electron chi connectivity index (χ0n) is 12.4. The maximum Gasteiger partial charge on any atom is 0.255 e. The lowest BCUT2D eigenvalue weighted by Crippen LogP contribution is -2.33. The lowest BCUT2D eigenvalue weighted by atomic mass is 10.2. The zero-order chi connectivity index (χ0) is 15.4. The molecule has 3 heterocycles. The lowest BCUT2D eigenvalue weighted by Gasteiger charge is -2.20. The van der Waals surface area contributed by atoms with Crippen molar-refractivity contribution in [2.45, 2.75) is 11.7 Å². The van der Waals surface area contributed by atoms with Gasteiger partial charge in [0.25, 0.3) is 5.91 Å². The molecule has 1 aliphatic heterocycles. The number of carbonyl (C=O) groups is 1. The van der Waals surface area contributed by atoms with Gasteiger partial charge < -0.3 is 14.1 Å². The van der Waals surface area contributed by atoms with Crippen LogP contribution in [-0.4, -0.2) is 41.7 Å². The average Bonchev–Trinajstić information content (AvgIpc) is 2.99. The summed E-state index contributed by atoms with van der Waals surface area (Å²) >= 11 is 1.84. The number of ether oxygens (including phenoxy) is 1. The van der Waals surface area contributed by atoms with Gasteiger partial charge in [-0.25, -0.2) is 4.98 Å². The number of pyridine rings is 1. The molecule has 1 atom stereocenters. The molecule has 0 radical (unpaired) electrons. The number of carbonyl (C=O) groups excluding carboxylic acids is 1. The predicted molar refractivity (Wildman–Crippen MR) is 85.2 cm³/mol. The van der Waals surface area contributed by atoms with Crippen molar-refractivity contribution in [2.75, 3.05) is 26.0 Å². The van der Waals surface area contributed by atoms with Gasteiger partial charge in [-0.15, -0.1) is 11.8 Å².